The molecule has 2 atom stereocenters. The number of nitrogens with one attached hydrogen (secondary N) is 2. The molecule has 3 N–H and O–H groups in total. The van der Waals surface area contributed by atoms with Crippen LogP contribution in [0.1, 0.15) is 29.7 Å². The molecule has 1 aliphatic rings. The van der Waals surface area contributed by atoms with Crippen molar-refractivity contribution in [2.75, 3.05) is 13.1 Å². The SMILES string of the molecule is CCc1[nH]c(C(=O)N[C@@H]2CCN(C(=O)O)C[C@@H]2F)nc1Cl. The number of amides is 2. The van der Waals surface area contributed by atoms with Crippen LogP contribution in [0.15, 0.2) is 0 Å². The number of halogens is 2. The Morgan fingerprint density at radius 1 is 1.62 bits per heavy atom. The number of hydrogen-bond acceptors (Lipinski definition) is 3. The fraction of sp³-hybridized carbons (Fsp3) is 0.583. The molecule has 0 aliphatic carbocycles. The summed E-state index contributed by atoms with van der Waals surface area (Å²) in [5.41, 5.74) is 0.638. The molecule has 1 fully saturated rings. The van der Waals surface area contributed by atoms with Gasteiger partial charge in [-0.25, -0.2) is 14.2 Å². The van der Waals surface area contributed by atoms with Crippen molar-refractivity contribution < 1.29 is 19.1 Å². The number of aryl methyl sites for hydroxylation is 1. The largest absolute Gasteiger partial charge is 0.465 e. The lowest BCUT2D eigenvalue weighted by atomic mass is 10.0. The summed E-state index contributed by atoms with van der Waals surface area (Å²) in [7, 11) is 0. The van der Waals surface area contributed by atoms with E-state index in [1.807, 2.05) is 6.92 Å². The molecular formula is C12H16ClFN4O3. The number of nitrogens with zero attached hydrogens (tertiary/aromatic N) is 2. The molecule has 2 heterocycles. The second-order valence-electron chi connectivity index (χ2n) is 4.82. The number of rotatable bonds is 3. The fourth-order valence-electron chi connectivity index (χ4n) is 2.21. The zero-order valence-corrected chi connectivity index (χ0v) is 12.2. The molecule has 21 heavy (non-hydrogen) atoms. The Morgan fingerprint density at radius 2 is 2.33 bits per heavy atom. The van der Waals surface area contributed by atoms with E-state index in [1.165, 1.54) is 0 Å². The number of carbonyl (C=O) groups excluding carboxylic acids is 1. The molecule has 0 aromatic carbocycles. The van der Waals surface area contributed by atoms with E-state index in [9.17, 15) is 14.0 Å². The topological polar surface area (TPSA) is 98.3 Å². The highest BCUT2D eigenvalue weighted by Crippen LogP contribution is 2.16. The first-order valence-electron chi connectivity index (χ1n) is 6.59. The number of H-pyrrole nitrogens is 1. The van der Waals surface area contributed by atoms with Crippen LogP contribution >= 0.6 is 11.6 Å². The van der Waals surface area contributed by atoms with Gasteiger partial charge in [0.05, 0.1) is 18.3 Å². The van der Waals surface area contributed by atoms with Crippen LogP contribution in [0.2, 0.25) is 5.15 Å². The maximum absolute atomic E-state index is 13.9. The standard InChI is InChI=1S/C12H16ClFN4O3/c1-2-7-9(13)17-10(15-7)11(19)16-8-3-4-18(12(20)21)5-6(8)14/h6,8H,2-5H2,1H3,(H,15,17)(H,16,19)(H,20,21)/t6-,8+/m0/s1. The molecule has 116 valence electrons. The van der Waals surface area contributed by atoms with E-state index in [0.29, 0.717) is 12.1 Å². The van der Waals surface area contributed by atoms with Crippen molar-refractivity contribution in [2.45, 2.75) is 32.0 Å². The van der Waals surface area contributed by atoms with Crippen LogP contribution in [-0.4, -0.2) is 57.3 Å². The van der Waals surface area contributed by atoms with E-state index in [4.69, 9.17) is 16.7 Å². The summed E-state index contributed by atoms with van der Waals surface area (Å²) >= 11 is 5.85. The molecule has 0 radical (unpaired) electrons. The number of carboxylic acid groups (broad SMARTS) is 1. The van der Waals surface area contributed by atoms with Crippen LogP contribution in [0, 0.1) is 0 Å². The van der Waals surface area contributed by atoms with Gasteiger partial charge in [0, 0.05) is 6.54 Å². The van der Waals surface area contributed by atoms with Gasteiger partial charge in [-0.05, 0) is 12.8 Å². The summed E-state index contributed by atoms with van der Waals surface area (Å²) in [6.07, 6.45) is -1.79. The molecule has 0 spiro atoms. The van der Waals surface area contributed by atoms with Gasteiger partial charge in [-0.2, -0.15) is 0 Å². The molecule has 2 amide bonds. The first-order chi connectivity index (χ1) is 9.92. The molecule has 0 unspecified atom stereocenters. The Hall–Kier alpha value is -1.83. The van der Waals surface area contributed by atoms with Crippen LogP contribution in [0.25, 0.3) is 0 Å². The number of carbonyl (C=O) groups is 2. The minimum Gasteiger partial charge on any atom is -0.465 e. The van der Waals surface area contributed by atoms with Crippen molar-refractivity contribution in [2.24, 2.45) is 0 Å². The van der Waals surface area contributed by atoms with Crippen molar-refractivity contribution in [3.8, 4) is 0 Å². The van der Waals surface area contributed by atoms with Crippen LogP contribution < -0.4 is 5.32 Å². The summed E-state index contributed by atoms with van der Waals surface area (Å²) in [6, 6.07) is -0.734. The molecule has 2 rings (SSSR count). The average Bonchev–Trinajstić information content (AvgIpc) is 2.82. The predicted octanol–water partition coefficient (Wildman–Crippen LogP) is 1.45. The molecule has 1 saturated heterocycles. The van der Waals surface area contributed by atoms with E-state index >= 15 is 0 Å². The van der Waals surface area contributed by atoms with Crippen LogP contribution in [-0.2, 0) is 6.42 Å². The number of alkyl halides is 1. The molecule has 9 heteroatoms. The fourth-order valence-corrected chi connectivity index (χ4v) is 2.47. The van der Waals surface area contributed by atoms with Crippen molar-refractivity contribution in [3.05, 3.63) is 16.7 Å². The highest BCUT2D eigenvalue weighted by Gasteiger charge is 2.33. The lowest BCUT2D eigenvalue weighted by Crippen LogP contribution is -2.53. The van der Waals surface area contributed by atoms with Crippen LogP contribution in [0.5, 0.6) is 0 Å². The highest BCUT2D eigenvalue weighted by atomic mass is 35.5. The second kappa shape index (κ2) is 6.30. The Bertz CT molecular complexity index is 551. The summed E-state index contributed by atoms with van der Waals surface area (Å²) in [6.45, 7) is 1.79. The molecule has 1 aliphatic heterocycles. The summed E-state index contributed by atoms with van der Waals surface area (Å²) in [5, 5.41) is 11.6. The molecule has 0 saturated carbocycles. The van der Waals surface area contributed by atoms with Crippen LogP contribution in [0.4, 0.5) is 9.18 Å². The molecule has 0 bridgehead atoms. The van der Waals surface area contributed by atoms with Crippen LogP contribution in [0.3, 0.4) is 0 Å². The number of aromatic amines is 1. The van der Waals surface area contributed by atoms with Gasteiger partial charge in [0.2, 0.25) is 0 Å². The third-order valence-electron chi connectivity index (χ3n) is 3.43. The van der Waals surface area contributed by atoms with E-state index in [0.717, 1.165) is 4.90 Å². The maximum atomic E-state index is 13.9. The van der Waals surface area contributed by atoms with Gasteiger partial charge in [-0.1, -0.05) is 18.5 Å². The number of aromatic nitrogens is 2. The van der Waals surface area contributed by atoms with Gasteiger partial charge in [0.15, 0.2) is 11.0 Å². The van der Waals surface area contributed by atoms with Crippen molar-refractivity contribution in [1.29, 1.82) is 0 Å². The third-order valence-corrected chi connectivity index (χ3v) is 3.74. The molecule has 7 nitrogen and oxygen atoms in total. The Labute approximate surface area is 125 Å². The van der Waals surface area contributed by atoms with Gasteiger partial charge in [-0.3, -0.25) is 4.79 Å². The highest BCUT2D eigenvalue weighted by molar-refractivity contribution is 6.30. The molecule has 1 aromatic rings. The first-order valence-corrected chi connectivity index (χ1v) is 6.97. The number of likely N-dealkylation sites (tertiary alicyclic amines) is 1. The van der Waals surface area contributed by atoms with E-state index < -0.39 is 24.2 Å². The summed E-state index contributed by atoms with van der Waals surface area (Å²) in [4.78, 5) is 30.4. The van der Waals surface area contributed by atoms with Crippen molar-refractivity contribution >= 4 is 23.6 Å². The van der Waals surface area contributed by atoms with Gasteiger partial charge < -0.3 is 20.3 Å². The number of imidazole rings is 1. The minimum atomic E-state index is -1.45. The second-order valence-corrected chi connectivity index (χ2v) is 5.18. The van der Waals surface area contributed by atoms with E-state index in [-0.39, 0.29) is 30.5 Å². The molecule has 1 aromatic heterocycles. The summed E-state index contributed by atoms with van der Waals surface area (Å²) in [5.74, 6) is -0.516. The number of piperidine rings is 1. The Morgan fingerprint density at radius 3 is 2.86 bits per heavy atom. The Balaban J connectivity index is 1.98. The lowest BCUT2D eigenvalue weighted by molar-refractivity contribution is 0.0747. The monoisotopic (exact) mass is 318 g/mol. The smallest absolute Gasteiger partial charge is 0.407 e. The molecular weight excluding hydrogens is 303 g/mol. The lowest BCUT2D eigenvalue weighted by Gasteiger charge is -2.33. The first kappa shape index (κ1) is 15.6. The zero-order chi connectivity index (χ0) is 15.6. The normalized spacial score (nSPS) is 22.1. The average molecular weight is 319 g/mol. The van der Waals surface area contributed by atoms with Gasteiger partial charge in [0.25, 0.3) is 5.91 Å². The zero-order valence-electron chi connectivity index (χ0n) is 11.4. The van der Waals surface area contributed by atoms with Crippen molar-refractivity contribution in [1.82, 2.24) is 20.2 Å². The Kier molecular flexibility index (Phi) is 4.66. The summed E-state index contributed by atoms with van der Waals surface area (Å²) < 4.78 is 13.9. The van der Waals surface area contributed by atoms with E-state index in [2.05, 4.69) is 15.3 Å². The van der Waals surface area contributed by atoms with Crippen molar-refractivity contribution in [3.63, 3.8) is 0 Å². The van der Waals surface area contributed by atoms with Gasteiger partial charge in [0.1, 0.15) is 6.17 Å². The number of hydrogen-bond donors (Lipinski definition) is 3. The maximum Gasteiger partial charge on any atom is 0.407 e. The quantitative estimate of drug-likeness (QED) is 0.785. The van der Waals surface area contributed by atoms with Gasteiger partial charge in [-0.15, -0.1) is 0 Å². The minimum absolute atomic E-state index is 0.0321. The third kappa shape index (κ3) is 3.44. The van der Waals surface area contributed by atoms with E-state index in [1.54, 1.807) is 0 Å². The van der Waals surface area contributed by atoms with Gasteiger partial charge >= 0.3 is 6.09 Å². The predicted molar refractivity (Wildman–Crippen MR) is 73.3 cm³/mol.